The zero-order valence-electron chi connectivity index (χ0n) is 16.4. The highest BCUT2D eigenvalue weighted by Gasteiger charge is 2.19. The van der Waals surface area contributed by atoms with Gasteiger partial charge in [0.15, 0.2) is 0 Å². The largest absolute Gasteiger partial charge is 0.495 e. The minimum absolute atomic E-state index is 0.175. The first-order valence-electron chi connectivity index (χ1n) is 8.60. The first-order chi connectivity index (χ1) is 13.7. The molecule has 0 aliphatic heterocycles. The zero-order valence-corrected chi connectivity index (χ0v) is 16.4. The van der Waals surface area contributed by atoms with E-state index in [1.807, 2.05) is 0 Å². The highest BCUT2D eigenvalue weighted by molar-refractivity contribution is 5.98. The van der Waals surface area contributed by atoms with Gasteiger partial charge in [0.05, 0.1) is 30.5 Å². The van der Waals surface area contributed by atoms with Crippen molar-refractivity contribution in [3.63, 3.8) is 0 Å². The van der Waals surface area contributed by atoms with Crippen molar-refractivity contribution in [1.82, 2.24) is 0 Å². The smallest absolute Gasteiger partial charge is 0.271 e. The Balaban J connectivity index is 2.20. The summed E-state index contributed by atoms with van der Waals surface area (Å²) in [6.45, 7) is 3.00. The van der Waals surface area contributed by atoms with Crippen LogP contribution in [0.15, 0.2) is 36.4 Å². The molecule has 29 heavy (non-hydrogen) atoms. The van der Waals surface area contributed by atoms with Crippen LogP contribution in [0.1, 0.15) is 13.8 Å². The van der Waals surface area contributed by atoms with Gasteiger partial charge in [-0.15, -0.1) is 0 Å². The number of ether oxygens (including phenoxy) is 2. The lowest BCUT2D eigenvalue weighted by Gasteiger charge is -2.19. The summed E-state index contributed by atoms with van der Waals surface area (Å²) < 4.78 is 10.4. The van der Waals surface area contributed by atoms with Crippen LogP contribution in [0.25, 0.3) is 0 Å². The van der Waals surface area contributed by atoms with Crippen LogP contribution >= 0.6 is 0 Å². The van der Waals surface area contributed by atoms with Crippen LogP contribution in [0, 0.1) is 10.1 Å². The number of anilines is 3. The van der Waals surface area contributed by atoms with Crippen molar-refractivity contribution < 1.29 is 24.0 Å². The molecule has 0 bridgehead atoms. The molecule has 0 aromatic heterocycles. The van der Waals surface area contributed by atoms with Crippen LogP contribution in [0.3, 0.4) is 0 Å². The SMILES string of the molecule is COc1ccc([N+](=O)[O-])cc1NC(=O)C(C)Nc1cc(NC(C)=O)ccc1OC. The molecule has 2 amide bonds. The molecule has 1 atom stereocenters. The van der Waals surface area contributed by atoms with Gasteiger partial charge in [0.2, 0.25) is 11.8 Å². The summed E-state index contributed by atoms with van der Waals surface area (Å²) >= 11 is 0. The summed E-state index contributed by atoms with van der Waals surface area (Å²) in [7, 11) is 2.88. The number of carbonyl (C=O) groups is 2. The van der Waals surface area contributed by atoms with Crippen molar-refractivity contribution in [1.29, 1.82) is 0 Å². The number of nitrogens with zero attached hydrogens (tertiary/aromatic N) is 1. The summed E-state index contributed by atoms with van der Waals surface area (Å²) in [6, 6.07) is 8.14. The number of amides is 2. The molecule has 0 fully saturated rings. The maximum Gasteiger partial charge on any atom is 0.271 e. The fourth-order valence-corrected chi connectivity index (χ4v) is 2.55. The highest BCUT2D eigenvalue weighted by atomic mass is 16.6. The number of nitro groups is 1. The highest BCUT2D eigenvalue weighted by Crippen LogP contribution is 2.30. The first-order valence-corrected chi connectivity index (χ1v) is 8.60. The topological polar surface area (TPSA) is 132 Å². The molecule has 0 heterocycles. The summed E-state index contributed by atoms with van der Waals surface area (Å²) in [5, 5.41) is 19.3. The number of nitro benzene ring substituents is 1. The van der Waals surface area contributed by atoms with Crippen LogP contribution in [0.4, 0.5) is 22.7 Å². The molecular formula is C19H22N4O6. The van der Waals surface area contributed by atoms with Crippen LogP contribution in [-0.4, -0.2) is 37.0 Å². The lowest BCUT2D eigenvalue weighted by molar-refractivity contribution is -0.384. The average Bonchev–Trinajstić information content (AvgIpc) is 2.67. The lowest BCUT2D eigenvalue weighted by Crippen LogP contribution is -2.32. The normalized spacial score (nSPS) is 11.2. The van der Waals surface area contributed by atoms with E-state index in [1.54, 1.807) is 25.1 Å². The van der Waals surface area contributed by atoms with E-state index in [2.05, 4.69) is 16.0 Å². The van der Waals surface area contributed by atoms with Crippen LogP contribution in [-0.2, 0) is 9.59 Å². The standard InChI is InChI=1S/C19H22N4O6/c1-11(20-15-9-13(21-12(2)24)5-7-17(15)28-3)19(25)22-16-10-14(23(26)27)6-8-18(16)29-4/h5-11,20H,1-4H3,(H,21,24)(H,22,25). The number of hydrogen-bond acceptors (Lipinski definition) is 7. The minimum atomic E-state index is -0.736. The molecule has 0 radical (unpaired) electrons. The Hall–Kier alpha value is -3.82. The summed E-state index contributed by atoms with van der Waals surface area (Å²) in [5.74, 6) is 0.0912. The van der Waals surface area contributed by atoms with Gasteiger partial charge in [-0.05, 0) is 31.2 Å². The quantitative estimate of drug-likeness (QED) is 0.457. The van der Waals surface area contributed by atoms with Crippen LogP contribution in [0.5, 0.6) is 11.5 Å². The number of carbonyl (C=O) groups excluding carboxylic acids is 2. The molecule has 154 valence electrons. The Kier molecular flexibility index (Phi) is 6.96. The molecule has 2 aromatic rings. The average molecular weight is 402 g/mol. The number of methoxy groups -OCH3 is 2. The monoisotopic (exact) mass is 402 g/mol. The van der Waals surface area contributed by atoms with Gasteiger partial charge in [-0.25, -0.2) is 0 Å². The summed E-state index contributed by atoms with van der Waals surface area (Å²) in [4.78, 5) is 34.3. The number of rotatable bonds is 8. The number of benzene rings is 2. The minimum Gasteiger partial charge on any atom is -0.495 e. The van der Waals surface area contributed by atoms with Crippen molar-refractivity contribution >= 4 is 34.6 Å². The van der Waals surface area contributed by atoms with E-state index >= 15 is 0 Å². The van der Waals surface area contributed by atoms with Crippen molar-refractivity contribution in [2.45, 2.75) is 19.9 Å². The second-order valence-corrected chi connectivity index (χ2v) is 6.09. The molecule has 1 unspecified atom stereocenters. The Morgan fingerprint density at radius 1 is 1.00 bits per heavy atom. The molecule has 0 saturated carbocycles. The maximum absolute atomic E-state index is 12.6. The third-order valence-corrected chi connectivity index (χ3v) is 3.94. The van der Waals surface area contributed by atoms with Crippen LogP contribution in [0.2, 0.25) is 0 Å². The predicted octanol–water partition coefficient (Wildman–Crippen LogP) is 3.01. The Labute approximate surface area is 167 Å². The van der Waals surface area contributed by atoms with Gasteiger partial charge >= 0.3 is 0 Å². The molecule has 3 N–H and O–H groups in total. The fraction of sp³-hybridized carbons (Fsp3) is 0.263. The van der Waals surface area contributed by atoms with E-state index in [4.69, 9.17) is 9.47 Å². The third-order valence-electron chi connectivity index (χ3n) is 3.94. The van der Waals surface area contributed by atoms with Gasteiger partial charge in [-0.2, -0.15) is 0 Å². The second kappa shape index (κ2) is 9.40. The fourth-order valence-electron chi connectivity index (χ4n) is 2.55. The van der Waals surface area contributed by atoms with E-state index in [9.17, 15) is 19.7 Å². The molecule has 0 spiro atoms. The molecule has 0 aliphatic carbocycles. The molecule has 2 aromatic carbocycles. The molecule has 2 rings (SSSR count). The zero-order chi connectivity index (χ0) is 21.6. The van der Waals surface area contributed by atoms with Crippen molar-refractivity contribution in [2.24, 2.45) is 0 Å². The Morgan fingerprint density at radius 2 is 1.62 bits per heavy atom. The molecule has 0 saturated heterocycles. The molecule has 10 heteroatoms. The number of non-ortho nitro benzene ring substituents is 1. The maximum atomic E-state index is 12.6. The van der Waals surface area contributed by atoms with Gasteiger partial charge in [0.1, 0.15) is 17.5 Å². The predicted molar refractivity (Wildman–Crippen MR) is 109 cm³/mol. The van der Waals surface area contributed by atoms with Gasteiger partial charge < -0.3 is 25.4 Å². The van der Waals surface area contributed by atoms with E-state index in [-0.39, 0.29) is 17.3 Å². The van der Waals surface area contributed by atoms with Crippen LogP contribution < -0.4 is 25.4 Å². The Morgan fingerprint density at radius 3 is 2.21 bits per heavy atom. The van der Waals surface area contributed by atoms with Gasteiger partial charge in [-0.1, -0.05) is 0 Å². The van der Waals surface area contributed by atoms with Crippen molar-refractivity contribution in [3.05, 3.63) is 46.5 Å². The Bertz CT molecular complexity index is 931. The van der Waals surface area contributed by atoms with E-state index in [0.29, 0.717) is 22.9 Å². The first kappa shape index (κ1) is 21.5. The molecular weight excluding hydrogens is 380 g/mol. The van der Waals surface area contributed by atoms with Gasteiger partial charge in [0, 0.05) is 24.7 Å². The van der Waals surface area contributed by atoms with Gasteiger partial charge in [-0.3, -0.25) is 19.7 Å². The van der Waals surface area contributed by atoms with Gasteiger partial charge in [0.25, 0.3) is 5.69 Å². The summed E-state index contributed by atoms with van der Waals surface area (Å²) in [5.41, 5.74) is 1.03. The van der Waals surface area contributed by atoms with E-state index in [0.717, 1.165) is 0 Å². The van der Waals surface area contributed by atoms with Crippen molar-refractivity contribution in [3.8, 4) is 11.5 Å². The number of nitrogens with one attached hydrogen (secondary N) is 3. The lowest BCUT2D eigenvalue weighted by atomic mass is 10.2. The third kappa shape index (κ3) is 5.58. The number of hydrogen-bond donors (Lipinski definition) is 3. The van der Waals surface area contributed by atoms with Crippen molar-refractivity contribution in [2.75, 3.05) is 30.2 Å². The molecule has 0 aliphatic rings. The second-order valence-electron chi connectivity index (χ2n) is 6.09. The van der Waals surface area contributed by atoms with E-state index in [1.165, 1.54) is 39.3 Å². The van der Waals surface area contributed by atoms with E-state index < -0.39 is 16.9 Å². The molecule has 10 nitrogen and oxygen atoms in total. The summed E-state index contributed by atoms with van der Waals surface area (Å²) in [6.07, 6.45) is 0.